The van der Waals surface area contributed by atoms with Gasteiger partial charge in [0.15, 0.2) is 0 Å². The first-order chi connectivity index (χ1) is 9.74. The minimum absolute atomic E-state index is 0.0940. The summed E-state index contributed by atoms with van der Waals surface area (Å²) in [5, 5.41) is 4.52. The highest BCUT2D eigenvalue weighted by atomic mass is 35.5. The summed E-state index contributed by atoms with van der Waals surface area (Å²) >= 11 is 7.84. The molecule has 4 heteroatoms. The van der Waals surface area contributed by atoms with Crippen LogP contribution in [0.2, 0.25) is 5.02 Å². The molecule has 0 bridgehead atoms. The molecule has 0 atom stereocenters. The predicted molar refractivity (Wildman–Crippen MR) is 87.5 cm³/mol. The quantitative estimate of drug-likeness (QED) is 0.803. The number of nitrogens with one attached hydrogen (secondary N) is 1. The Morgan fingerprint density at radius 3 is 2.60 bits per heavy atom. The number of halogens is 1. The van der Waals surface area contributed by atoms with Gasteiger partial charge in [-0.05, 0) is 30.5 Å². The SMILES string of the molecule is O=C(Cc1ccc(Cl)cc1)NCCSC1CCCCC1. The van der Waals surface area contributed by atoms with Crippen LogP contribution in [0.15, 0.2) is 24.3 Å². The second-order valence-electron chi connectivity index (χ2n) is 5.28. The van der Waals surface area contributed by atoms with Crippen molar-refractivity contribution in [1.82, 2.24) is 5.32 Å². The summed E-state index contributed by atoms with van der Waals surface area (Å²) in [4.78, 5) is 11.8. The van der Waals surface area contributed by atoms with Crippen molar-refractivity contribution in [1.29, 1.82) is 0 Å². The van der Waals surface area contributed by atoms with E-state index in [1.165, 1.54) is 32.1 Å². The van der Waals surface area contributed by atoms with Crippen molar-refractivity contribution in [3.8, 4) is 0 Å². The van der Waals surface area contributed by atoms with Crippen LogP contribution in [-0.4, -0.2) is 23.5 Å². The van der Waals surface area contributed by atoms with Gasteiger partial charge in [0.1, 0.15) is 0 Å². The molecule has 0 aliphatic heterocycles. The molecule has 1 saturated carbocycles. The van der Waals surface area contributed by atoms with Gasteiger partial charge in [-0.15, -0.1) is 0 Å². The average molecular weight is 312 g/mol. The van der Waals surface area contributed by atoms with Crippen LogP contribution in [0, 0.1) is 0 Å². The van der Waals surface area contributed by atoms with Gasteiger partial charge in [-0.3, -0.25) is 4.79 Å². The van der Waals surface area contributed by atoms with Crippen molar-refractivity contribution >= 4 is 29.3 Å². The van der Waals surface area contributed by atoms with Crippen LogP contribution in [0.25, 0.3) is 0 Å². The number of benzene rings is 1. The monoisotopic (exact) mass is 311 g/mol. The molecule has 2 rings (SSSR count). The van der Waals surface area contributed by atoms with E-state index in [1.54, 1.807) is 0 Å². The summed E-state index contributed by atoms with van der Waals surface area (Å²) in [5.74, 6) is 1.12. The lowest BCUT2D eigenvalue weighted by Crippen LogP contribution is -2.27. The Balaban J connectivity index is 1.59. The van der Waals surface area contributed by atoms with Gasteiger partial charge in [-0.2, -0.15) is 11.8 Å². The van der Waals surface area contributed by atoms with Crippen LogP contribution in [0.5, 0.6) is 0 Å². The molecule has 2 nitrogen and oxygen atoms in total. The molecule has 0 unspecified atom stereocenters. The molecule has 0 saturated heterocycles. The van der Waals surface area contributed by atoms with E-state index in [4.69, 9.17) is 11.6 Å². The largest absolute Gasteiger partial charge is 0.355 e. The summed E-state index contributed by atoms with van der Waals surface area (Å²) < 4.78 is 0. The van der Waals surface area contributed by atoms with Crippen LogP contribution in [-0.2, 0) is 11.2 Å². The molecule has 0 radical (unpaired) electrons. The number of amides is 1. The van der Waals surface area contributed by atoms with Gasteiger partial charge in [-0.25, -0.2) is 0 Å². The molecule has 1 aliphatic carbocycles. The maximum Gasteiger partial charge on any atom is 0.224 e. The number of carbonyl (C=O) groups is 1. The topological polar surface area (TPSA) is 29.1 Å². The van der Waals surface area contributed by atoms with E-state index in [1.807, 2.05) is 36.0 Å². The maximum absolute atomic E-state index is 11.8. The van der Waals surface area contributed by atoms with Gasteiger partial charge >= 0.3 is 0 Å². The van der Waals surface area contributed by atoms with Crippen molar-refractivity contribution in [3.63, 3.8) is 0 Å². The van der Waals surface area contributed by atoms with Crippen molar-refractivity contribution in [3.05, 3.63) is 34.9 Å². The summed E-state index contributed by atoms with van der Waals surface area (Å²) in [7, 11) is 0. The van der Waals surface area contributed by atoms with Crippen LogP contribution >= 0.6 is 23.4 Å². The zero-order chi connectivity index (χ0) is 14.2. The smallest absolute Gasteiger partial charge is 0.224 e. The summed E-state index contributed by atoms with van der Waals surface area (Å²) in [6.45, 7) is 0.771. The van der Waals surface area contributed by atoms with E-state index in [2.05, 4.69) is 5.32 Å². The van der Waals surface area contributed by atoms with E-state index < -0.39 is 0 Å². The first-order valence-electron chi connectivity index (χ1n) is 7.37. The molecule has 0 heterocycles. The number of rotatable bonds is 6. The van der Waals surface area contributed by atoms with Crippen LogP contribution in [0.4, 0.5) is 0 Å². The zero-order valence-electron chi connectivity index (χ0n) is 11.7. The lowest BCUT2D eigenvalue weighted by molar-refractivity contribution is -0.120. The number of hydrogen-bond donors (Lipinski definition) is 1. The van der Waals surface area contributed by atoms with Gasteiger partial charge < -0.3 is 5.32 Å². The van der Waals surface area contributed by atoms with Crippen LogP contribution in [0.1, 0.15) is 37.7 Å². The van der Waals surface area contributed by atoms with Crippen LogP contribution < -0.4 is 5.32 Å². The highest BCUT2D eigenvalue weighted by Crippen LogP contribution is 2.27. The van der Waals surface area contributed by atoms with Crippen LogP contribution in [0.3, 0.4) is 0 Å². The molecular weight excluding hydrogens is 290 g/mol. The predicted octanol–water partition coefficient (Wildman–Crippen LogP) is 4.06. The molecule has 0 aromatic heterocycles. The fourth-order valence-corrected chi connectivity index (χ4v) is 3.84. The lowest BCUT2D eigenvalue weighted by atomic mass is 10.0. The van der Waals surface area contributed by atoms with Gasteiger partial charge in [0, 0.05) is 22.6 Å². The Hall–Kier alpha value is -0.670. The molecule has 0 spiro atoms. The normalized spacial score (nSPS) is 16.1. The Labute approximate surface area is 130 Å². The molecule has 20 heavy (non-hydrogen) atoms. The van der Waals surface area contributed by atoms with E-state index in [-0.39, 0.29) is 5.91 Å². The van der Waals surface area contributed by atoms with Gasteiger partial charge in [0.2, 0.25) is 5.91 Å². The molecule has 1 amide bonds. The molecule has 1 aromatic carbocycles. The average Bonchev–Trinajstić information content (AvgIpc) is 2.47. The first-order valence-corrected chi connectivity index (χ1v) is 8.79. The highest BCUT2D eigenvalue weighted by molar-refractivity contribution is 7.99. The van der Waals surface area contributed by atoms with E-state index in [0.29, 0.717) is 11.4 Å². The third-order valence-corrected chi connectivity index (χ3v) is 5.24. The number of thioether (sulfide) groups is 1. The highest BCUT2D eigenvalue weighted by Gasteiger charge is 2.13. The Bertz CT molecular complexity index is 415. The van der Waals surface area contributed by atoms with Crippen molar-refractivity contribution < 1.29 is 4.79 Å². The fourth-order valence-electron chi connectivity index (χ4n) is 2.50. The van der Waals surface area contributed by atoms with E-state index >= 15 is 0 Å². The molecule has 1 fully saturated rings. The summed E-state index contributed by atoms with van der Waals surface area (Å²) in [5.41, 5.74) is 1.01. The molecule has 110 valence electrons. The third-order valence-electron chi connectivity index (χ3n) is 3.61. The zero-order valence-corrected chi connectivity index (χ0v) is 13.3. The minimum Gasteiger partial charge on any atom is -0.355 e. The maximum atomic E-state index is 11.8. The Morgan fingerprint density at radius 2 is 1.90 bits per heavy atom. The number of carbonyl (C=O) groups excluding carboxylic acids is 1. The second-order valence-corrected chi connectivity index (χ2v) is 7.13. The standard InChI is InChI=1S/C16H22ClNOS/c17-14-8-6-13(7-9-14)12-16(19)18-10-11-20-15-4-2-1-3-5-15/h6-9,15H,1-5,10-12H2,(H,18,19). The number of hydrogen-bond acceptors (Lipinski definition) is 2. The van der Waals surface area contributed by atoms with Gasteiger partial charge in [0.25, 0.3) is 0 Å². The Morgan fingerprint density at radius 1 is 1.20 bits per heavy atom. The van der Waals surface area contributed by atoms with E-state index in [0.717, 1.165) is 23.1 Å². The van der Waals surface area contributed by atoms with Crippen molar-refractivity contribution in [2.45, 2.75) is 43.8 Å². The fraction of sp³-hybridized carbons (Fsp3) is 0.562. The van der Waals surface area contributed by atoms with Gasteiger partial charge in [0.05, 0.1) is 6.42 Å². The first kappa shape index (κ1) is 15.7. The molecule has 1 N–H and O–H groups in total. The van der Waals surface area contributed by atoms with Crippen molar-refractivity contribution in [2.75, 3.05) is 12.3 Å². The van der Waals surface area contributed by atoms with Gasteiger partial charge in [-0.1, -0.05) is 43.0 Å². The van der Waals surface area contributed by atoms with Crippen molar-refractivity contribution in [2.24, 2.45) is 0 Å². The second kappa shape index (κ2) is 8.58. The lowest BCUT2D eigenvalue weighted by Gasteiger charge is -2.20. The Kier molecular flexibility index (Phi) is 6.74. The van der Waals surface area contributed by atoms with E-state index in [9.17, 15) is 4.79 Å². The molecule has 1 aliphatic rings. The molecule has 1 aromatic rings. The molecular formula is C16H22ClNOS. The third kappa shape index (κ3) is 5.76. The minimum atomic E-state index is 0.0940. The summed E-state index contributed by atoms with van der Waals surface area (Å²) in [6, 6.07) is 7.45. The summed E-state index contributed by atoms with van der Waals surface area (Å²) in [6.07, 6.45) is 7.29.